The van der Waals surface area contributed by atoms with Gasteiger partial charge in [0.1, 0.15) is 0 Å². The molecule has 2 atom stereocenters. The fraction of sp³-hybridized carbons (Fsp3) is 0.800. The quantitative estimate of drug-likeness (QED) is 0.621. The van der Waals surface area contributed by atoms with Crippen molar-refractivity contribution in [2.24, 2.45) is 5.29 Å². The number of carboxylic acids is 1. The molecule has 0 aliphatic carbocycles. The van der Waals surface area contributed by atoms with Crippen molar-refractivity contribution in [1.82, 2.24) is 5.01 Å². The molecule has 0 spiro atoms. The van der Waals surface area contributed by atoms with Gasteiger partial charge in [-0.15, -0.1) is 16.7 Å². The van der Waals surface area contributed by atoms with Crippen LogP contribution in [0.1, 0.15) is 6.92 Å². The molecule has 1 N–H and O–H groups in total. The van der Waals surface area contributed by atoms with Crippen LogP contribution in [0.4, 0.5) is 0 Å². The molecule has 1 heterocycles. The highest BCUT2D eigenvalue weighted by Crippen LogP contribution is 2.28. The first kappa shape index (κ1) is 8.32. The average Bonchev–Trinajstić information content (AvgIpc) is 2.30. The summed E-state index contributed by atoms with van der Waals surface area (Å²) in [5.41, 5.74) is 0. The van der Waals surface area contributed by atoms with Crippen LogP contribution in [0.15, 0.2) is 5.29 Å². The largest absolute Gasteiger partial charge is 0.480 e. The number of nitroso groups, excluding NO2 is 1. The Labute approximate surface area is 67.7 Å². The summed E-state index contributed by atoms with van der Waals surface area (Å²) in [6.45, 7) is 1.76. The van der Waals surface area contributed by atoms with E-state index in [2.05, 4.69) is 5.29 Å². The van der Waals surface area contributed by atoms with Crippen LogP contribution in [0, 0.1) is 4.91 Å². The summed E-state index contributed by atoms with van der Waals surface area (Å²) in [6.07, 6.45) is 0. The number of aliphatic carboxylic acids is 1. The molecule has 1 aliphatic rings. The third-order valence-corrected chi connectivity index (χ3v) is 2.77. The molecular weight excluding hydrogens is 168 g/mol. The predicted octanol–water partition coefficient (Wildman–Crippen LogP) is 0.516. The van der Waals surface area contributed by atoms with Gasteiger partial charge in [0, 0.05) is 5.75 Å². The van der Waals surface area contributed by atoms with Gasteiger partial charge < -0.3 is 5.11 Å². The molecule has 1 saturated heterocycles. The van der Waals surface area contributed by atoms with Crippen LogP contribution in [-0.2, 0) is 4.79 Å². The van der Waals surface area contributed by atoms with E-state index in [0.29, 0.717) is 5.75 Å². The first-order valence-electron chi connectivity index (χ1n) is 3.13. The second kappa shape index (κ2) is 3.08. The van der Waals surface area contributed by atoms with Crippen LogP contribution in [-0.4, -0.2) is 33.3 Å². The molecule has 0 unspecified atom stereocenters. The van der Waals surface area contributed by atoms with Crippen LogP contribution in [0.3, 0.4) is 0 Å². The van der Waals surface area contributed by atoms with Gasteiger partial charge in [-0.3, -0.25) is 0 Å². The van der Waals surface area contributed by atoms with Crippen molar-refractivity contribution in [3.63, 3.8) is 0 Å². The van der Waals surface area contributed by atoms with Crippen LogP contribution >= 0.6 is 11.8 Å². The Morgan fingerprint density at radius 3 is 2.82 bits per heavy atom. The molecule has 0 aromatic carbocycles. The molecule has 0 saturated carbocycles. The van der Waals surface area contributed by atoms with Crippen molar-refractivity contribution in [3.8, 4) is 0 Å². The zero-order valence-electron chi connectivity index (χ0n) is 5.93. The minimum atomic E-state index is -0.985. The monoisotopic (exact) mass is 176 g/mol. The first-order valence-corrected chi connectivity index (χ1v) is 4.17. The van der Waals surface area contributed by atoms with Gasteiger partial charge in [-0.05, 0) is 6.92 Å². The summed E-state index contributed by atoms with van der Waals surface area (Å²) in [4.78, 5) is 20.6. The Hall–Kier alpha value is -0.780. The molecule has 11 heavy (non-hydrogen) atoms. The molecule has 1 aliphatic heterocycles. The van der Waals surface area contributed by atoms with E-state index in [0.717, 1.165) is 5.01 Å². The predicted molar refractivity (Wildman–Crippen MR) is 41.0 cm³/mol. The second-order valence-corrected chi connectivity index (χ2v) is 3.60. The molecule has 0 aromatic heterocycles. The highest BCUT2D eigenvalue weighted by atomic mass is 32.2. The average molecular weight is 176 g/mol. The number of thioether (sulfide) groups is 1. The molecule has 1 rings (SSSR count). The molecule has 0 bridgehead atoms. The molecule has 0 radical (unpaired) electrons. The Morgan fingerprint density at radius 2 is 2.45 bits per heavy atom. The van der Waals surface area contributed by atoms with Gasteiger partial charge in [0.05, 0.1) is 10.7 Å². The molecule has 5 nitrogen and oxygen atoms in total. The van der Waals surface area contributed by atoms with Gasteiger partial charge in [-0.25, -0.2) is 9.80 Å². The number of nitrogens with zero attached hydrogens (tertiary/aromatic N) is 2. The molecule has 0 amide bonds. The van der Waals surface area contributed by atoms with Crippen molar-refractivity contribution < 1.29 is 9.90 Å². The summed E-state index contributed by atoms with van der Waals surface area (Å²) in [5.74, 6) is -0.552. The maximum absolute atomic E-state index is 10.5. The van der Waals surface area contributed by atoms with Gasteiger partial charge in [-0.2, -0.15) is 0 Å². The Balaban J connectivity index is 2.68. The third kappa shape index (κ3) is 1.45. The lowest BCUT2D eigenvalue weighted by Crippen LogP contribution is -2.36. The summed E-state index contributed by atoms with van der Waals surface area (Å²) < 4.78 is 0. The Bertz CT molecular complexity index is 187. The third-order valence-electron chi connectivity index (χ3n) is 1.57. The summed E-state index contributed by atoms with van der Waals surface area (Å²) in [7, 11) is 0. The van der Waals surface area contributed by atoms with Crippen molar-refractivity contribution in [2.75, 3.05) is 5.75 Å². The topological polar surface area (TPSA) is 70.0 Å². The van der Waals surface area contributed by atoms with Gasteiger partial charge in [0.2, 0.25) is 0 Å². The molecular formula is C5H8N2O3S. The SMILES string of the molecule is C[C@@H]1SC[C@@H](C(=O)O)N1N=O. The maximum Gasteiger partial charge on any atom is 0.329 e. The zero-order valence-corrected chi connectivity index (χ0v) is 6.74. The fourth-order valence-electron chi connectivity index (χ4n) is 0.944. The van der Waals surface area contributed by atoms with Crippen LogP contribution in [0.2, 0.25) is 0 Å². The lowest BCUT2D eigenvalue weighted by molar-refractivity contribution is -0.142. The van der Waals surface area contributed by atoms with Crippen LogP contribution in [0.5, 0.6) is 0 Å². The lowest BCUT2D eigenvalue weighted by Gasteiger charge is -2.15. The van der Waals surface area contributed by atoms with Gasteiger partial charge in [-0.1, -0.05) is 0 Å². The van der Waals surface area contributed by atoms with E-state index in [1.54, 1.807) is 6.92 Å². The van der Waals surface area contributed by atoms with Crippen molar-refractivity contribution in [3.05, 3.63) is 4.91 Å². The standard InChI is InChI=1S/C5H8N2O3S/c1-3-7(6-10)4(2-11-3)5(8)9/h3-4H,2H2,1H3,(H,8,9)/t3-,4-/m0/s1. The summed E-state index contributed by atoms with van der Waals surface area (Å²) in [5, 5.41) is 12.2. The molecule has 6 heteroatoms. The van der Waals surface area contributed by atoms with Crippen molar-refractivity contribution in [2.45, 2.75) is 18.3 Å². The van der Waals surface area contributed by atoms with E-state index in [9.17, 15) is 9.70 Å². The normalized spacial score (nSPS) is 30.5. The van der Waals surface area contributed by atoms with E-state index < -0.39 is 12.0 Å². The van der Waals surface area contributed by atoms with Crippen LogP contribution in [0.25, 0.3) is 0 Å². The lowest BCUT2D eigenvalue weighted by atomic mass is 10.3. The van der Waals surface area contributed by atoms with Gasteiger partial charge >= 0.3 is 5.97 Å². The number of rotatable bonds is 2. The Morgan fingerprint density at radius 1 is 1.82 bits per heavy atom. The van der Waals surface area contributed by atoms with Gasteiger partial charge in [0.25, 0.3) is 0 Å². The Kier molecular flexibility index (Phi) is 2.33. The molecule has 62 valence electrons. The van der Waals surface area contributed by atoms with E-state index in [1.807, 2.05) is 0 Å². The first-order chi connectivity index (χ1) is 5.16. The number of carboxylic acid groups (broad SMARTS) is 1. The summed E-state index contributed by atoms with van der Waals surface area (Å²) >= 11 is 1.42. The van der Waals surface area contributed by atoms with E-state index >= 15 is 0 Å². The summed E-state index contributed by atoms with van der Waals surface area (Å²) in [6, 6.07) is -0.743. The molecule has 0 aromatic rings. The molecule has 1 fully saturated rings. The minimum Gasteiger partial charge on any atom is -0.480 e. The number of carbonyl (C=O) groups is 1. The van der Waals surface area contributed by atoms with Gasteiger partial charge in [0.15, 0.2) is 6.04 Å². The second-order valence-electron chi connectivity index (χ2n) is 2.25. The van der Waals surface area contributed by atoms with Crippen molar-refractivity contribution in [1.29, 1.82) is 0 Å². The highest BCUT2D eigenvalue weighted by molar-refractivity contribution is 8.00. The van der Waals surface area contributed by atoms with E-state index in [-0.39, 0.29) is 5.37 Å². The van der Waals surface area contributed by atoms with E-state index in [4.69, 9.17) is 5.11 Å². The zero-order chi connectivity index (χ0) is 8.43. The van der Waals surface area contributed by atoms with Crippen molar-refractivity contribution >= 4 is 17.7 Å². The minimum absolute atomic E-state index is 0.117. The smallest absolute Gasteiger partial charge is 0.329 e. The highest BCUT2D eigenvalue weighted by Gasteiger charge is 2.36. The number of hydrogen-bond donors (Lipinski definition) is 1. The van der Waals surface area contributed by atoms with Crippen LogP contribution < -0.4 is 0 Å². The van der Waals surface area contributed by atoms with E-state index in [1.165, 1.54) is 11.8 Å². The number of hydrogen-bond acceptors (Lipinski definition) is 4. The maximum atomic E-state index is 10.5. The fourth-order valence-corrected chi connectivity index (χ4v) is 2.04.